The van der Waals surface area contributed by atoms with Crippen molar-refractivity contribution in [2.75, 3.05) is 18.4 Å². The first-order valence-electron chi connectivity index (χ1n) is 11.2. The first-order chi connectivity index (χ1) is 15.8. The summed E-state index contributed by atoms with van der Waals surface area (Å²) in [6.45, 7) is 16.1. The van der Waals surface area contributed by atoms with Crippen molar-refractivity contribution in [3.8, 4) is 11.3 Å². The van der Waals surface area contributed by atoms with Crippen LogP contribution in [-0.4, -0.2) is 55.7 Å². The van der Waals surface area contributed by atoms with Crippen LogP contribution in [0.3, 0.4) is 0 Å². The van der Waals surface area contributed by atoms with Gasteiger partial charge in [0.2, 0.25) is 11.6 Å². The highest BCUT2D eigenvalue weighted by atomic mass is 16.6. The molecule has 1 atom stereocenters. The molecule has 1 aliphatic heterocycles. The van der Waals surface area contributed by atoms with Crippen LogP contribution in [0, 0.1) is 6.57 Å². The average molecular weight is 448 g/mol. The number of aromatic amines is 1. The third-order valence-electron chi connectivity index (χ3n) is 5.55. The fraction of sp³-hybridized carbons (Fsp3) is 0.458. The SMILES string of the molecule is [C-]#[N+]c1ccc2c(-c3nc(N[C@H]4CCCN(C(=O)OC(C)(C)C)C4)ncc3CC)c[nH]c2n1. The molecule has 9 heteroatoms. The van der Waals surface area contributed by atoms with E-state index in [0.717, 1.165) is 41.5 Å². The van der Waals surface area contributed by atoms with Gasteiger partial charge in [0.1, 0.15) is 5.60 Å². The number of aromatic nitrogens is 4. The largest absolute Gasteiger partial charge is 0.444 e. The number of nitrogens with one attached hydrogen (secondary N) is 2. The third-order valence-corrected chi connectivity index (χ3v) is 5.55. The normalized spacial score (nSPS) is 16.5. The maximum absolute atomic E-state index is 12.5. The summed E-state index contributed by atoms with van der Waals surface area (Å²) in [7, 11) is 0. The number of carbonyl (C=O) groups is 1. The van der Waals surface area contributed by atoms with E-state index < -0.39 is 5.60 Å². The lowest BCUT2D eigenvalue weighted by molar-refractivity contribution is 0.0206. The van der Waals surface area contributed by atoms with E-state index in [1.165, 1.54) is 0 Å². The van der Waals surface area contributed by atoms with Gasteiger partial charge in [-0.2, -0.15) is 0 Å². The number of piperidine rings is 1. The second-order valence-electron chi connectivity index (χ2n) is 9.21. The van der Waals surface area contributed by atoms with Gasteiger partial charge in [-0.3, -0.25) is 0 Å². The minimum atomic E-state index is -0.519. The summed E-state index contributed by atoms with van der Waals surface area (Å²) in [5.74, 6) is 0.877. The lowest BCUT2D eigenvalue weighted by Crippen LogP contribution is -2.47. The molecular weight excluding hydrogens is 418 g/mol. The van der Waals surface area contributed by atoms with Crippen molar-refractivity contribution in [1.29, 1.82) is 0 Å². The number of hydrogen-bond acceptors (Lipinski definition) is 6. The highest BCUT2D eigenvalue weighted by Gasteiger charge is 2.28. The maximum Gasteiger partial charge on any atom is 0.410 e. The van der Waals surface area contributed by atoms with Crippen molar-refractivity contribution in [2.45, 2.75) is 58.6 Å². The molecule has 1 fully saturated rings. The number of ether oxygens (including phenoxy) is 1. The van der Waals surface area contributed by atoms with Crippen molar-refractivity contribution >= 4 is 28.9 Å². The van der Waals surface area contributed by atoms with Crippen molar-refractivity contribution in [3.63, 3.8) is 0 Å². The lowest BCUT2D eigenvalue weighted by Gasteiger charge is -2.34. The van der Waals surface area contributed by atoms with Gasteiger partial charge < -0.3 is 24.8 Å². The Labute approximate surface area is 193 Å². The summed E-state index contributed by atoms with van der Waals surface area (Å²) in [6.07, 6.45) is 6.02. The van der Waals surface area contributed by atoms with Gasteiger partial charge in [0.25, 0.3) is 5.82 Å². The smallest absolute Gasteiger partial charge is 0.410 e. The van der Waals surface area contributed by atoms with Crippen molar-refractivity contribution in [3.05, 3.63) is 41.5 Å². The molecule has 0 aliphatic carbocycles. The van der Waals surface area contributed by atoms with Crippen LogP contribution in [0.1, 0.15) is 46.1 Å². The standard InChI is InChI=1S/C24H29N7O2/c1-6-15-12-27-22(28-16-8-7-11-31(14-16)23(32)33-24(2,3)4)30-20(15)18-13-26-21-17(18)9-10-19(25-5)29-21/h9-10,12-13,16H,6-8,11,14H2,1-4H3,(H,26,29)(H,27,28,30)/t16-/m0/s1. The van der Waals surface area contributed by atoms with E-state index in [-0.39, 0.29) is 12.1 Å². The quantitative estimate of drug-likeness (QED) is 0.549. The summed E-state index contributed by atoms with van der Waals surface area (Å²) >= 11 is 0. The van der Waals surface area contributed by atoms with Crippen LogP contribution in [0.2, 0.25) is 0 Å². The topological polar surface area (TPSA) is 100 Å². The van der Waals surface area contributed by atoms with Gasteiger partial charge in [0, 0.05) is 37.1 Å². The number of H-pyrrole nitrogens is 1. The van der Waals surface area contributed by atoms with Crippen molar-refractivity contribution in [2.24, 2.45) is 0 Å². The highest BCUT2D eigenvalue weighted by Crippen LogP contribution is 2.31. The minimum Gasteiger partial charge on any atom is -0.444 e. The summed E-state index contributed by atoms with van der Waals surface area (Å²) < 4.78 is 5.53. The summed E-state index contributed by atoms with van der Waals surface area (Å²) in [6, 6.07) is 3.65. The van der Waals surface area contributed by atoms with E-state index in [9.17, 15) is 4.79 Å². The van der Waals surface area contributed by atoms with Crippen LogP contribution >= 0.6 is 0 Å². The molecule has 0 aromatic carbocycles. The summed E-state index contributed by atoms with van der Waals surface area (Å²) in [5.41, 5.74) is 2.92. The molecule has 0 spiro atoms. The number of likely N-dealkylation sites (tertiary alicyclic amines) is 1. The zero-order chi connectivity index (χ0) is 23.6. The molecular formula is C24H29N7O2. The number of amides is 1. The molecule has 1 saturated heterocycles. The Hall–Kier alpha value is -3.67. The highest BCUT2D eigenvalue weighted by molar-refractivity contribution is 5.94. The van der Waals surface area contributed by atoms with Gasteiger partial charge in [0.05, 0.1) is 11.1 Å². The molecule has 4 heterocycles. The monoisotopic (exact) mass is 447 g/mol. The number of pyridine rings is 1. The van der Waals surface area contributed by atoms with E-state index in [1.807, 2.05) is 39.2 Å². The van der Waals surface area contributed by atoms with Crippen LogP contribution < -0.4 is 5.32 Å². The second-order valence-corrected chi connectivity index (χ2v) is 9.21. The zero-order valence-corrected chi connectivity index (χ0v) is 19.5. The molecule has 33 heavy (non-hydrogen) atoms. The van der Waals surface area contributed by atoms with Crippen LogP contribution in [0.15, 0.2) is 24.5 Å². The fourth-order valence-electron chi connectivity index (χ4n) is 3.99. The predicted molar refractivity (Wildman–Crippen MR) is 127 cm³/mol. The van der Waals surface area contributed by atoms with Gasteiger partial charge >= 0.3 is 6.09 Å². The molecule has 0 saturated carbocycles. The van der Waals surface area contributed by atoms with Gasteiger partial charge in [-0.05, 0) is 51.7 Å². The Kier molecular flexibility index (Phi) is 6.18. The van der Waals surface area contributed by atoms with E-state index in [4.69, 9.17) is 16.3 Å². The molecule has 1 aliphatic rings. The number of nitrogens with zero attached hydrogens (tertiary/aromatic N) is 5. The number of rotatable bonds is 4. The first-order valence-corrected chi connectivity index (χ1v) is 11.2. The average Bonchev–Trinajstić information content (AvgIpc) is 3.21. The Bertz CT molecular complexity index is 1210. The first kappa shape index (κ1) is 22.5. The van der Waals surface area contributed by atoms with Crippen LogP contribution in [0.25, 0.3) is 27.1 Å². The zero-order valence-electron chi connectivity index (χ0n) is 19.5. The third kappa shape index (κ3) is 5.06. The molecule has 3 aromatic rings. The van der Waals surface area contributed by atoms with E-state index in [1.54, 1.807) is 11.0 Å². The number of hydrogen-bond donors (Lipinski definition) is 2. The number of carbonyl (C=O) groups excluding carboxylic acids is 1. The Morgan fingerprint density at radius 3 is 2.91 bits per heavy atom. The Morgan fingerprint density at radius 1 is 1.36 bits per heavy atom. The molecule has 2 N–H and O–H groups in total. The van der Waals surface area contributed by atoms with Crippen LogP contribution in [0.5, 0.6) is 0 Å². The lowest BCUT2D eigenvalue weighted by atomic mass is 10.1. The maximum atomic E-state index is 12.5. The molecule has 0 bridgehead atoms. The van der Waals surface area contributed by atoms with Crippen molar-refractivity contribution < 1.29 is 9.53 Å². The molecule has 4 rings (SSSR count). The molecule has 3 aromatic heterocycles. The van der Waals surface area contributed by atoms with Crippen LogP contribution in [-0.2, 0) is 11.2 Å². The molecule has 172 valence electrons. The Balaban J connectivity index is 1.56. The molecule has 1 amide bonds. The van der Waals surface area contributed by atoms with Gasteiger partial charge in [0.15, 0.2) is 0 Å². The minimum absolute atomic E-state index is 0.0393. The number of fused-ring (bicyclic) bond motifs is 1. The van der Waals surface area contributed by atoms with Gasteiger partial charge in [-0.25, -0.2) is 14.8 Å². The fourth-order valence-corrected chi connectivity index (χ4v) is 3.99. The summed E-state index contributed by atoms with van der Waals surface area (Å²) in [5, 5.41) is 4.32. The molecule has 9 nitrogen and oxygen atoms in total. The van der Waals surface area contributed by atoms with E-state index in [0.29, 0.717) is 30.5 Å². The second kappa shape index (κ2) is 9.06. The van der Waals surface area contributed by atoms with Crippen LogP contribution in [0.4, 0.5) is 16.6 Å². The summed E-state index contributed by atoms with van der Waals surface area (Å²) in [4.78, 5) is 34.5. The van der Waals surface area contributed by atoms with Gasteiger partial charge in [-0.15, -0.1) is 4.98 Å². The predicted octanol–water partition coefficient (Wildman–Crippen LogP) is 4.94. The molecule has 0 radical (unpaired) electrons. The number of aryl methyl sites for hydroxylation is 1. The van der Waals surface area contributed by atoms with Gasteiger partial charge in [-0.1, -0.05) is 19.6 Å². The van der Waals surface area contributed by atoms with E-state index in [2.05, 4.69) is 32.0 Å². The number of anilines is 1. The van der Waals surface area contributed by atoms with Crippen molar-refractivity contribution in [1.82, 2.24) is 24.8 Å². The molecule has 0 unspecified atom stereocenters. The Morgan fingerprint density at radius 2 is 2.18 bits per heavy atom. The van der Waals surface area contributed by atoms with E-state index >= 15 is 0 Å².